The smallest absolute Gasteiger partial charge is 0.325 e. The van der Waals surface area contributed by atoms with Crippen molar-refractivity contribution < 1.29 is 19.4 Å². The van der Waals surface area contributed by atoms with E-state index in [9.17, 15) is 14.7 Å². The van der Waals surface area contributed by atoms with Gasteiger partial charge in [-0.15, -0.1) is 0 Å². The molecule has 28 heavy (non-hydrogen) atoms. The summed E-state index contributed by atoms with van der Waals surface area (Å²) < 4.78 is 5.76. The molecule has 0 spiro atoms. The maximum atomic E-state index is 12.9. The molecule has 2 unspecified atom stereocenters. The predicted molar refractivity (Wildman–Crippen MR) is 106 cm³/mol. The zero-order valence-corrected chi connectivity index (χ0v) is 16.4. The summed E-state index contributed by atoms with van der Waals surface area (Å²) >= 11 is 0. The third-order valence-electron chi connectivity index (χ3n) is 4.99. The molecular formula is C22H26N2O4. The number of hydrogen-bond acceptors (Lipinski definition) is 4. The Balaban J connectivity index is 1.65. The summed E-state index contributed by atoms with van der Waals surface area (Å²) in [6.07, 6.45) is -0.993. The molecule has 0 aromatic heterocycles. The number of aliphatic hydroxyl groups is 1. The van der Waals surface area contributed by atoms with E-state index in [1.54, 1.807) is 19.1 Å². The SMILES string of the molecule is CC(C)c1ccccc1OCC(O)CN1C(=O)NC(C)(c2ccccc2)C1=O. The predicted octanol–water partition coefficient (Wildman–Crippen LogP) is 3.02. The van der Waals surface area contributed by atoms with E-state index in [1.807, 2.05) is 42.5 Å². The number of carbonyl (C=O) groups excluding carboxylic acids is 2. The number of nitrogens with one attached hydrogen (secondary N) is 1. The Kier molecular flexibility index (Phi) is 5.70. The summed E-state index contributed by atoms with van der Waals surface area (Å²) in [6, 6.07) is 16.2. The molecule has 3 rings (SSSR count). The van der Waals surface area contributed by atoms with Crippen LogP contribution in [0.3, 0.4) is 0 Å². The number of urea groups is 1. The van der Waals surface area contributed by atoms with E-state index in [0.29, 0.717) is 11.3 Å². The van der Waals surface area contributed by atoms with Crippen molar-refractivity contribution in [2.45, 2.75) is 38.3 Å². The molecular weight excluding hydrogens is 356 g/mol. The van der Waals surface area contributed by atoms with E-state index >= 15 is 0 Å². The van der Waals surface area contributed by atoms with Crippen molar-refractivity contribution in [1.29, 1.82) is 0 Å². The normalized spacial score (nSPS) is 20.4. The highest BCUT2D eigenvalue weighted by atomic mass is 16.5. The second kappa shape index (κ2) is 8.02. The summed E-state index contributed by atoms with van der Waals surface area (Å²) in [6.45, 7) is 5.66. The van der Waals surface area contributed by atoms with E-state index in [2.05, 4.69) is 19.2 Å². The maximum absolute atomic E-state index is 12.9. The standard InChI is InChI=1S/C22H26N2O4/c1-15(2)18-11-7-8-12-19(18)28-14-17(25)13-24-20(26)22(3,23-21(24)27)16-9-5-4-6-10-16/h4-12,15,17,25H,13-14H2,1-3H3,(H,23,27). The molecule has 2 N–H and O–H groups in total. The van der Waals surface area contributed by atoms with Crippen LogP contribution in [0.25, 0.3) is 0 Å². The van der Waals surface area contributed by atoms with Crippen LogP contribution in [-0.4, -0.2) is 41.2 Å². The Labute approximate surface area is 165 Å². The van der Waals surface area contributed by atoms with Crippen LogP contribution in [0.1, 0.15) is 37.8 Å². The fraction of sp³-hybridized carbons (Fsp3) is 0.364. The Morgan fingerprint density at radius 2 is 1.71 bits per heavy atom. The number of benzene rings is 2. The number of β-amino-alcohol motifs (C(OH)–C–C–N with tert-alkyl or cyclic N) is 1. The van der Waals surface area contributed by atoms with E-state index in [0.717, 1.165) is 10.5 Å². The zero-order valence-electron chi connectivity index (χ0n) is 16.4. The van der Waals surface area contributed by atoms with Crippen LogP contribution in [0.2, 0.25) is 0 Å². The molecule has 0 bridgehead atoms. The number of imide groups is 1. The number of hydrogen-bond donors (Lipinski definition) is 2. The van der Waals surface area contributed by atoms with Crippen LogP contribution >= 0.6 is 0 Å². The van der Waals surface area contributed by atoms with Gasteiger partial charge in [-0.05, 0) is 30.0 Å². The lowest BCUT2D eigenvalue weighted by molar-refractivity contribution is -0.132. The second-order valence-electron chi connectivity index (χ2n) is 7.49. The van der Waals surface area contributed by atoms with Crippen molar-refractivity contribution in [1.82, 2.24) is 10.2 Å². The first-order chi connectivity index (χ1) is 13.3. The molecule has 148 valence electrons. The first kappa shape index (κ1) is 19.9. The number of para-hydroxylation sites is 1. The molecule has 0 aliphatic carbocycles. The van der Waals surface area contributed by atoms with E-state index in [1.165, 1.54) is 0 Å². The van der Waals surface area contributed by atoms with Gasteiger partial charge < -0.3 is 15.2 Å². The molecule has 6 heteroatoms. The minimum absolute atomic E-state index is 0.0111. The molecule has 1 aliphatic heterocycles. The Hall–Kier alpha value is -2.86. The van der Waals surface area contributed by atoms with Crippen molar-refractivity contribution in [3.05, 3.63) is 65.7 Å². The molecule has 0 radical (unpaired) electrons. The molecule has 6 nitrogen and oxygen atoms in total. The number of amides is 3. The fourth-order valence-corrected chi connectivity index (χ4v) is 3.37. The van der Waals surface area contributed by atoms with Gasteiger partial charge in [-0.3, -0.25) is 9.69 Å². The van der Waals surface area contributed by atoms with Crippen molar-refractivity contribution in [2.24, 2.45) is 0 Å². The van der Waals surface area contributed by atoms with Gasteiger partial charge in [0, 0.05) is 0 Å². The quantitative estimate of drug-likeness (QED) is 0.722. The van der Waals surface area contributed by atoms with Gasteiger partial charge in [-0.25, -0.2) is 4.79 Å². The number of aliphatic hydroxyl groups excluding tert-OH is 1. The first-order valence-electron chi connectivity index (χ1n) is 9.42. The molecule has 1 fully saturated rings. The van der Waals surface area contributed by atoms with Crippen LogP contribution in [0.5, 0.6) is 5.75 Å². The Morgan fingerprint density at radius 1 is 1.07 bits per heavy atom. The molecule has 1 saturated heterocycles. The van der Waals surface area contributed by atoms with Gasteiger partial charge in [0.25, 0.3) is 5.91 Å². The highest BCUT2D eigenvalue weighted by molar-refractivity contribution is 6.07. The largest absolute Gasteiger partial charge is 0.491 e. The van der Waals surface area contributed by atoms with E-state index in [-0.39, 0.29) is 25.0 Å². The lowest BCUT2D eigenvalue weighted by Crippen LogP contribution is -2.42. The summed E-state index contributed by atoms with van der Waals surface area (Å²) in [4.78, 5) is 26.3. The van der Waals surface area contributed by atoms with Crippen molar-refractivity contribution in [2.75, 3.05) is 13.2 Å². The van der Waals surface area contributed by atoms with Gasteiger partial charge in [0.15, 0.2) is 0 Å². The summed E-state index contributed by atoms with van der Waals surface area (Å²) in [5, 5.41) is 13.1. The van der Waals surface area contributed by atoms with Crippen LogP contribution in [0.4, 0.5) is 4.79 Å². The van der Waals surface area contributed by atoms with Crippen molar-refractivity contribution in [3.8, 4) is 5.75 Å². The second-order valence-corrected chi connectivity index (χ2v) is 7.49. The van der Waals surface area contributed by atoms with E-state index in [4.69, 9.17) is 4.74 Å². The Bertz CT molecular complexity index is 853. The van der Waals surface area contributed by atoms with Gasteiger partial charge in [-0.1, -0.05) is 62.4 Å². The van der Waals surface area contributed by atoms with Crippen LogP contribution in [0, 0.1) is 0 Å². The maximum Gasteiger partial charge on any atom is 0.325 e. The average Bonchev–Trinajstić information content (AvgIpc) is 2.91. The molecule has 2 aromatic rings. The monoisotopic (exact) mass is 382 g/mol. The topological polar surface area (TPSA) is 78.9 Å². The lowest BCUT2D eigenvalue weighted by Gasteiger charge is -2.23. The van der Waals surface area contributed by atoms with Crippen LogP contribution in [-0.2, 0) is 10.3 Å². The third kappa shape index (κ3) is 3.87. The average molecular weight is 382 g/mol. The Morgan fingerprint density at radius 3 is 2.39 bits per heavy atom. The van der Waals surface area contributed by atoms with Gasteiger partial charge >= 0.3 is 6.03 Å². The highest BCUT2D eigenvalue weighted by Gasteiger charge is 2.49. The van der Waals surface area contributed by atoms with Gasteiger partial charge in [0.1, 0.15) is 24.0 Å². The van der Waals surface area contributed by atoms with Crippen LogP contribution in [0.15, 0.2) is 54.6 Å². The van der Waals surface area contributed by atoms with Gasteiger partial charge in [0.05, 0.1) is 6.54 Å². The molecule has 1 aliphatic rings. The van der Waals surface area contributed by atoms with Gasteiger partial charge in [-0.2, -0.15) is 0 Å². The summed E-state index contributed by atoms with van der Waals surface area (Å²) in [5.74, 6) is 0.596. The van der Waals surface area contributed by atoms with Crippen LogP contribution < -0.4 is 10.1 Å². The third-order valence-corrected chi connectivity index (χ3v) is 4.99. The van der Waals surface area contributed by atoms with E-state index < -0.39 is 17.7 Å². The molecule has 2 aromatic carbocycles. The first-order valence-corrected chi connectivity index (χ1v) is 9.42. The van der Waals surface area contributed by atoms with Gasteiger partial charge in [0.2, 0.25) is 0 Å². The lowest BCUT2D eigenvalue weighted by atomic mass is 9.92. The number of nitrogens with zero attached hydrogens (tertiary/aromatic N) is 1. The number of carbonyl (C=O) groups is 2. The minimum Gasteiger partial charge on any atom is -0.491 e. The molecule has 2 atom stereocenters. The minimum atomic E-state index is -1.14. The summed E-state index contributed by atoms with van der Waals surface area (Å²) in [5.41, 5.74) is 0.609. The van der Waals surface area contributed by atoms with Crippen molar-refractivity contribution in [3.63, 3.8) is 0 Å². The molecule has 3 amide bonds. The number of rotatable bonds is 7. The zero-order chi connectivity index (χ0) is 20.3. The number of ether oxygens (including phenoxy) is 1. The highest BCUT2D eigenvalue weighted by Crippen LogP contribution is 2.29. The molecule has 0 saturated carbocycles. The fourth-order valence-electron chi connectivity index (χ4n) is 3.37. The van der Waals surface area contributed by atoms with Crippen molar-refractivity contribution >= 4 is 11.9 Å². The molecule has 1 heterocycles. The summed E-state index contributed by atoms with van der Waals surface area (Å²) in [7, 11) is 0.